The maximum absolute atomic E-state index is 12.6. The van der Waals surface area contributed by atoms with Gasteiger partial charge in [0.2, 0.25) is 5.91 Å². The first kappa shape index (κ1) is 49.2. The van der Waals surface area contributed by atoms with E-state index in [9.17, 15) is 30.3 Å². The van der Waals surface area contributed by atoms with Crippen molar-refractivity contribution in [2.45, 2.75) is 256 Å². The van der Waals surface area contributed by atoms with E-state index in [1.54, 1.807) is 0 Å². The minimum atomic E-state index is -1.54. The summed E-state index contributed by atoms with van der Waals surface area (Å²) in [6.45, 7) is 3.67. The van der Waals surface area contributed by atoms with Crippen LogP contribution in [0.4, 0.5) is 0 Å². The summed E-state index contributed by atoms with van der Waals surface area (Å²) in [6, 6.07) is -0.708. The number of hydrogen-bond donors (Lipinski definition) is 6. The molecule has 9 heteroatoms. The zero-order valence-electron chi connectivity index (χ0n) is 33.8. The number of nitrogens with one attached hydrogen (secondary N) is 1. The van der Waals surface area contributed by atoms with Crippen molar-refractivity contribution in [3.05, 3.63) is 0 Å². The zero-order valence-corrected chi connectivity index (χ0v) is 33.8. The normalized spacial score (nSPS) is 21.7. The number of carbonyl (C=O) groups excluding carboxylic acids is 1. The molecule has 1 amide bonds. The lowest BCUT2D eigenvalue weighted by Gasteiger charge is -2.40. The van der Waals surface area contributed by atoms with Gasteiger partial charge in [-0.2, -0.15) is 0 Å². The summed E-state index contributed by atoms with van der Waals surface area (Å²) < 4.78 is 11.1. The average Bonchev–Trinajstić information content (AvgIpc) is 3.14. The molecule has 310 valence electrons. The molecule has 1 saturated heterocycles. The number of ether oxygens (including phenoxy) is 2. The SMILES string of the molecule is CCCCCCCCCCCCCCCCCCCCCCCCCCCCC(O)C(COC1OC(CO)C(O)C(O)C1O)NC(=O)CCCCC. The summed E-state index contributed by atoms with van der Waals surface area (Å²) in [5, 5.41) is 53.7. The van der Waals surface area contributed by atoms with Gasteiger partial charge in [0, 0.05) is 6.42 Å². The van der Waals surface area contributed by atoms with E-state index in [0.29, 0.717) is 12.8 Å². The molecule has 0 aromatic carbocycles. The van der Waals surface area contributed by atoms with Crippen molar-refractivity contribution in [1.82, 2.24) is 5.32 Å². The fourth-order valence-corrected chi connectivity index (χ4v) is 7.34. The summed E-state index contributed by atoms with van der Waals surface area (Å²) >= 11 is 0. The lowest BCUT2D eigenvalue weighted by atomic mass is 9.99. The van der Waals surface area contributed by atoms with Gasteiger partial charge in [-0.25, -0.2) is 0 Å². The van der Waals surface area contributed by atoms with Crippen LogP contribution in [0.5, 0.6) is 0 Å². The van der Waals surface area contributed by atoms with Crippen LogP contribution in [0.2, 0.25) is 0 Å². The zero-order chi connectivity index (χ0) is 38.1. The molecule has 0 radical (unpaired) electrons. The molecule has 7 atom stereocenters. The quantitative estimate of drug-likeness (QED) is 0.0346. The van der Waals surface area contributed by atoms with E-state index in [2.05, 4.69) is 19.2 Å². The molecule has 1 heterocycles. The summed E-state index contributed by atoms with van der Waals surface area (Å²) in [5.74, 6) is -0.167. The molecule has 0 aliphatic carbocycles. The van der Waals surface area contributed by atoms with Crippen LogP contribution in [0, 0.1) is 0 Å². The van der Waals surface area contributed by atoms with Gasteiger partial charge in [-0.1, -0.05) is 194 Å². The minimum absolute atomic E-state index is 0.136. The first-order chi connectivity index (χ1) is 25.3. The second kappa shape index (κ2) is 34.7. The third-order valence-corrected chi connectivity index (χ3v) is 11.0. The number of aliphatic hydroxyl groups excluding tert-OH is 5. The van der Waals surface area contributed by atoms with E-state index in [1.807, 2.05) is 0 Å². The Hall–Kier alpha value is -0.810. The molecular formula is C43H85NO8. The van der Waals surface area contributed by atoms with E-state index < -0.39 is 49.5 Å². The maximum Gasteiger partial charge on any atom is 0.220 e. The van der Waals surface area contributed by atoms with E-state index in [-0.39, 0.29) is 12.5 Å². The Labute approximate surface area is 319 Å². The molecule has 1 fully saturated rings. The van der Waals surface area contributed by atoms with Crippen LogP contribution in [-0.4, -0.2) is 87.5 Å². The standard InChI is InChI=1S/C43H85NO8/c1-3-5-7-8-9-10-11-12-13-14-15-16-17-18-19-20-21-22-23-24-25-26-27-28-29-31-32-37(46)36(44-39(47)33-30-6-4-2)35-51-43-42(50)41(49)40(48)38(34-45)52-43/h36-38,40-43,45-46,48-50H,3-35H2,1-2H3,(H,44,47). The summed E-state index contributed by atoms with van der Waals surface area (Å²) in [4.78, 5) is 12.6. The van der Waals surface area contributed by atoms with E-state index in [4.69, 9.17) is 9.47 Å². The Morgan fingerprint density at radius 2 is 0.962 bits per heavy atom. The third kappa shape index (κ3) is 25.3. The fourth-order valence-electron chi connectivity index (χ4n) is 7.34. The highest BCUT2D eigenvalue weighted by Crippen LogP contribution is 2.23. The molecular weight excluding hydrogens is 658 g/mol. The topological polar surface area (TPSA) is 149 Å². The van der Waals surface area contributed by atoms with E-state index >= 15 is 0 Å². The molecule has 1 aliphatic heterocycles. The van der Waals surface area contributed by atoms with Crippen LogP contribution in [0.3, 0.4) is 0 Å². The van der Waals surface area contributed by atoms with Gasteiger partial charge in [0.25, 0.3) is 0 Å². The van der Waals surface area contributed by atoms with E-state index in [1.165, 1.54) is 148 Å². The van der Waals surface area contributed by atoms with Gasteiger partial charge in [0.1, 0.15) is 24.4 Å². The highest BCUT2D eigenvalue weighted by atomic mass is 16.7. The predicted molar refractivity (Wildman–Crippen MR) is 212 cm³/mol. The van der Waals surface area contributed by atoms with Gasteiger partial charge in [-0.3, -0.25) is 4.79 Å². The number of rotatable bonds is 37. The number of hydrogen-bond acceptors (Lipinski definition) is 8. The molecule has 6 N–H and O–H groups in total. The monoisotopic (exact) mass is 744 g/mol. The molecule has 0 spiro atoms. The molecule has 52 heavy (non-hydrogen) atoms. The number of carbonyl (C=O) groups is 1. The highest BCUT2D eigenvalue weighted by Gasteiger charge is 2.44. The van der Waals surface area contributed by atoms with Gasteiger partial charge < -0.3 is 40.3 Å². The van der Waals surface area contributed by atoms with Crippen molar-refractivity contribution >= 4 is 5.91 Å². The van der Waals surface area contributed by atoms with Crippen molar-refractivity contribution in [3.63, 3.8) is 0 Å². The fraction of sp³-hybridized carbons (Fsp3) is 0.977. The van der Waals surface area contributed by atoms with Crippen LogP contribution in [-0.2, 0) is 14.3 Å². The maximum atomic E-state index is 12.6. The number of amides is 1. The smallest absolute Gasteiger partial charge is 0.220 e. The average molecular weight is 744 g/mol. The van der Waals surface area contributed by atoms with Crippen LogP contribution in [0.1, 0.15) is 213 Å². The minimum Gasteiger partial charge on any atom is -0.394 e. The molecule has 1 rings (SSSR count). The Bertz CT molecular complexity index is 786. The van der Waals surface area contributed by atoms with Crippen molar-refractivity contribution in [2.75, 3.05) is 13.2 Å². The van der Waals surface area contributed by atoms with Crippen molar-refractivity contribution in [2.24, 2.45) is 0 Å². The predicted octanol–water partition coefficient (Wildman–Crippen LogP) is 8.78. The van der Waals surface area contributed by atoms with Gasteiger partial charge in [0.05, 0.1) is 25.4 Å². The lowest BCUT2D eigenvalue weighted by molar-refractivity contribution is -0.302. The van der Waals surface area contributed by atoms with Gasteiger partial charge >= 0.3 is 0 Å². The van der Waals surface area contributed by atoms with Gasteiger partial charge in [-0.15, -0.1) is 0 Å². The summed E-state index contributed by atoms with van der Waals surface area (Å²) in [7, 11) is 0. The molecule has 7 unspecified atom stereocenters. The molecule has 9 nitrogen and oxygen atoms in total. The van der Waals surface area contributed by atoms with Crippen LogP contribution in [0.15, 0.2) is 0 Å². The first-order valence-corrected chi connectivity index (χ1v) is 22.2. The van der Waals surface area contributed by atoms with Crippen molar-refractivity contribution in [3.8, 4) is 0 Å². The highest BCUT2D eigenvalue weighted by molar-refractivity contribution is 5.76. The van der Waals surface area contributed by atoms with Gasteiger partial charge in [-0.05, 0) is 12.8 Å². The van der Waals surface area contributed by atoms with Crippen LogP contribution < -0.4 is 5.32 Å². The Morgan fingerprint density at radius 1 is 0.577 bits per heavy atom. The number of unbranched alkanes of at least 4 members (excludes halogenated alkanes) is 27. The van der Waals surface area contributed by atoms with Gasteiger partial charge in [0.15, 0.2) is 6.29 Å². The Morgan fingerprint density at radius 3 is 1.37 bits per heavy atom. The largest absolute Gasteiger partial charge is 0.394 e. The van der Waals surface area contributed by atoms with Crippen LogP contribution >= 0.6 is 0 Å². The summed E-state index contributed by atoms with van der Waals surface area (Å²) in [5.41, 5.74) is 0. The first-order valence-electron chi connectivity index (χ1n) is 22.2. The molecule has 0 aromatic rings. The Balaban J connectivity index is 2.06. The second-order valence-electron chi connectivity index (χ2n) is 15.9. The molecule has 0 bridgehead atoms. The van der Waals surface area contributed by atoms with E-state index in [0.717, 1.165) is 38.5 Å². The van der Waals surface area contributed by atoms with Crippen LogP contribution in [0.25, 0.3) is 0 Å². The molecule has 0 saturated carbocycles. The number of aliphatic hydroxyl groups is 5. The third-order valence-electron chi connectivity index (χ3n) is 11.0. The van der Waals surface area contributed by atoms with Crippen molar-refractivity contribution < 1.29 is 39.8 Å². The Kier molecular flexibility index (Phi) is 32.8. The molecule has 1 aliphatic rings. The lowest BCUT2D eigenvalue weighted by Crippen LogP contribution is -2.60. The second-order valence-corrected chi connectivity index (χ2v) is 15.9. The summed E-state index contributed by atoms with van der Waals surface area (Å²) in [6.07, 6.45) is 30.8. The van der Waals surface area contributed by atoms with Crippen molar-refractivity contribution in [1.29, 1.82) is 0 Å². The molecule has 0 aromatic heterocycles.